The fourth-order valence-electron chi connectivity index (χ4n) is 3.52. The summed E-state index contributed by atoms with van der Waals surface area (Å²) in [5.74, 6) is 0. The van der Waals surface area contributed by atoms with Crippen LogP contribution < -0.4 is 5.73 Å². The first-order valence-electron chi connectivity index (χ1n) is 8.57. The second-order valence-electron chi connectivity index (χ2n) is 6.72. The maximum atomic E-state index is 12.8. The Morgan fingerprint density at radius 2 is 1.64 bits per heavy atom. The number of nitrogens with two attached hydrogens (primary N) is 1. The molecule has 1 aliphatic carbocycles. The van der Waals surface area contributed by atoms with Crippen LogP contribution in [0.15, 0.2) is 59.9 Å². The van der Waals surface area contributed by atoms with E-state index in [4.69, 9.17) is 5.73 Å². The monoisotopic (exact) mass is 355 g/mol. The van der Waals surface area contributed by atoms with Gasteiger partial charge in [-0.05, 0) is 61.1 Å². The third-order valence-corrected chi connectivity index (χ3v) is 7.34. The molecule has 1 aromatic carbocycles. The molecular formula is C19H21N3O2S. The largest absolute Gasteiger partial charge is 0.328 e. The van der Waals surface area contributed by atoms with E-state index in [2.05, 4.69) is 4.98 Å². The van der Waals surface area contributed by atoms with Crippen molar-refractivity contribution in [3.05, 3.63) is 55.0 Å². The molecule has 0 amide bonds. The lowest BCUT2D eigenvalue weighted by Gasteiger charge is -2.25. The first kappa shape index (κ1) is 16.3. The van der Waals surface area contributed by atoms with Gasteiger partial charge in [0.25, 0.3) is 0 Å². The van der Waals surface area contributed by atoms with Gasteiger partial charge in [0, 0.05) is 24.6 Å². The minimum Gasteiger partial charge on any atom is -0.328 e. The van der Waals surface area contributed by atoms with Crippen molar-refractivity contribution in [2.24, 2.45) is 5.73 Å². The van der Waals surface area contributed by atoms with Crippen LogP contribution in [-0.2, 0) is 9.84 Å². The van der Waals surface area contributed by atoms with E-state index in [9.17, 15) is 8.42 Å². The lowest BCUT2D eigenvalue weighted by Crippen LogP contribution is -2.33. The molecule has 1 aliphatic rings. The van der Waals surface area contributed by atoms with Gasteiger partial charge >= 0.3 is 0 Å². The quantitative estimate of drug-likeness (QED) is 0.783. The lowest BCUT2D eigenvalue weighted by molar-refractivity contribution is 0.434. The number of sulfone groups is 1. The van der Waals surface area contributed by atoms with Gasteiger partial charge < -0.3 is 10.1 Å². The van der Waals surface area contributed by atoms with Gasteiger partial charge in [-0.2, -0.15) is 0 Å². The van der Waals surface area contributed by atoms with E-state index in [1.807, 2.05) is 41.1 Å². The van der Waals surface area contributed by atoms with Gasteiger partial charge in [-0.15, -0.1) is 0 Å². The number of aromatic nitrogens is 2. The standard InChI is InChI=1S/C19H21N3O2S/c20-16-4-8-18(9-5-16)25(23,24)17-6-1-14(2-7-17)15-3-10-19-21-11-12-22(19)13-15/h1-3,6-7,10-13,16,18H,4-5,8-9,20H2. The molecule has 0 atom stereocenters. The highest BCUT2D eigenvalue weighted by atomic mass is 32.2. The third kappa shape index (κ3) is 3.07. The van der Waals surface area contributed by atoms with Crippen molar-refractivity contribution in [3.63, 3.8) is 0 Å². The van der Waals surface area contributed by atoms with Crippen molar-refractivity contribution >= 4 is 15.5 Å². The van der Waals surface area contributed by atoms with Crippen LogP contribution in [0.3, 0.4) is 0 Å². The zero-order chi connectivity index (χ0) is 17.4. The summed E-state index contributed by atoms with van der Waals surface area (Å²) in [7, 11) is -3.28. The molecule has 0 spiro atoms. The van der Waals surface area contributed by atoms with Gasteiger partial charge in [0.1, 0.15) is 5.65 Å². The first-order valence-corrected chi connectivity index (χ1v) is 10.1. The maximum absolute atomic E-state index is 12.8. The van der Waals surface area contributed by atoms with Crippen LogP contribution in [0.5, 0.6) is 0 Å². The smallest absolute Gasteiger partial charge is 0.181 e. The molecule has 25 heavy (non-hydrogen) atoms. The van der Waals surface area contributed by atoms with E-state index in [0.717, 1.165) is 29.6 Å². The number of rotatable bonds is 3. The second-order valence-corrected chi connectivity index (χ2v) is 8.94. The Labute approximate surface area is 147 Å². The number of fused-ring (bicyclic) bond motifs is 1. The number of benzene rings is 1. The predicted molar refractivity (Wildman–Crippen MR) is 98.0 cm³/mol. The third-order valence-electron chi connectivity index (χ3n) is 5.06. The Hall–Kier alpha value is -2.18. The van der Waals surface area contributed by atoms with E-state index in [1.54, 1.807) is 18.3 Å². The fraction of sp³-hybridized carbons (Fsp3) is 0.316. The number of hydrogen-bond donors (Lipinski definition) is 1. The van der Waals surface area contributed by atoms with Crippen molar-refractivity contribution in [2.45, 2.75) is 41.9 Å². The lowest BCUT2D eigenvalue weighted by atomic mass is 9.96. The van der Waals surface area contributed by atoms with Crippen molar-refractivity contribution in [2.75, 3.05) is 0 Å². The Bertz CT molecular complexity index is 985. The van der Waals surface area contributed by atoms with Gasteiger partial charge in [-0.3, -0.25) is 0 Å². The molecule has 3 aromatic rings. The van der Waals surface area contributed by atoms with Crippen LogP contribution in [0.25, 0.3) is 16.8 Å². The molecule has 1 saturated carbocycles. The average Bonchev–Trinajstić information content (AvgIpc) is 3.10. The van der Waals surface area contributed by atoms with Gasteiger partial charge in [-0.1, -0.05) is 12.1 Å². The Balaban J connectivity index is 1.61. The summed E-state index contributed by atoms with van der Waals surface area (Å²) in [6, 6.07) is 11.3. The van der Waals surface area contributed by atoms with Crippen LogP contribution in [0.2, 0.25) is 0 Å². The highest BCUT2D eigenvalue weighted by Crippen LogP contribution is 2.29. The Kier molecular flexibility index (Phi) is 4.09. The summed E-state index contributed by atoms with van der Waals surface area (Å²) >= 11 is 0. The minimum atomic E-state index is -3.28. The zero-order valence-electron chi connectivity index (χ0n) is 13.9. The topological polar surface area (TPSA) is 77.5 Å². The molecule has 6 heteroatoms. The van der Waals surface area contributed by atoms with E-state index in [0.29, 0.717) is 17.7 Å². The van der Waals surface area contributed by atoms with E-state index in [1.165, 1.54) is 0 Å². The SMILES string of the molecule is NC1CCC(S(=O)(=O)c2ccc(-c3ccc4nccn4c3)cc2)CC1. The molecule has 2 aromatic heterocycles. The first-order chi connectivity index (χ1) is 12.0. The van der Waals surface area contributed by atoms with Gasteiger partial charge in [0.15, 0.2) is 9.84 Å². The number of imidazole rings is 1. The summed E-state index contributed by atoms with van der Waals surface area (Å²) in [6.07, 6.45) is 8.52. The molecule has 2 N–H and O–H groups in total. The normalized spacial score (nSPS) is 21.5. The molecule has 130 valence electrons. The van der Waals surface area contributed by atoms with Crippen molar-refractivity contribution in [1.29, 1.82) is 0 Å². The van der Waals surface area contributed by atoms with Crippen LogP contribution in [0.1, 0.15) is 25.7 Å². The van der Waals surface area contributed by atoms with Crippen LogP contribution in [-0.4, -0.2) is 29.1 Å². The molecule has 4 rings (SSSR count). The summed E-state index contributed by atoms with van der Waals surface area (Å²) in [6.45, 7) is 0. The second kappa shape index (κ2) is 6.28. The van der Waals surface area contributed by atoms with E-state index < -0.39 is 9.84 Å². The predicted octanol–water partition coefficient (Wildman–Crippen LogP) is 3.04. The Morgan fingerprint density at radius 1 is 0.960 bits per heavy atom. The summed E-state index contributed by atoms with van der Waals surface area (Å²) in [4.78, 5) is 4.63. The molecule has 0 saturated heterocycles. The minimum absolute atomic E-state index is 0.145. The summed E-state index contributed by atoms with van der Waals surface area (Å²) < 4.78 is 27.6. The average molecular weight is 355 g/mol. The molecule has 0 radical (unpaired) electrons. The van der Waals surface area contributed by atoms with Gasteiger partial charge in [-0.25, -0.2) is 13.4 Å². The maximum Gasteiger partial charge on any atom is 0.181 e. The summed E-state index contributed by atoms with van der Waals surface area (Å²) in [5, 5.41) is -0.305. The molecule has 0 aliphatic heterocycles. The molecule has 0 bridgehead atoms. The number of hydrogen-bond acceptors (Lipinski definition) is 4. The highest BCUT2D eigenvalue weighted by molar-refractivity contribution is 7.92. The molecule has 2 heterocycles. The summed E-state index contributed by atoms with van der Waals surface area (Å²) in [5.41, 5.74) is 8.79. The van der Waals surface area contributed by atoms with Gasteiger partial charge in [0.2, 0.25) is 0 Å². The highest BCUT2D eigenvalue weighted by Gasteiger charge is 2.30. The van der Waals surface area contributed by atoms with Crippen molar-refractivity contribution < 1.29 is 8.42 Å². The molecule has 5 nitrogen and oxygen atoms in total. The van der Waals surface area contributed by atoms with Crippen LogP contribution >= 0.6 is 0 Å². The Morgan fingerprint density at radius 3 is 2.36 bits per heavy atom. The molecule has 1 fully saturated rings. The number of pyridine rings is 1. The number of nitrogens with zero attached hydrogens (tertiary/aromatic N) is 2. The molecular weight excluding hydrogens is 334 g/mol. The van der Waals surface area contributed by atoms with Crippen LogP contribution in [0.4, 0.5) is 0 Å². The van der Waals surface area contributed by atoms with E-state index >= 15 is 0 Å². The molecule has 0 unspecified atom stereocenters. The van der Waals surface area contributed by atoms with Crippen molar-refractivity contribution in [1.82, 2.24) is 9.38 Å². The zero-order valence-corrected chi connectivity index (χ0v) is 14.7. The van der Waals surface area contributed by atoms with E-state index in [-0.39, 0.29) is 11.3 Å². The van der Waals surface area contributed by atoms with Crippen LogP contribution in [0, 0.1) is 0 Å². The fourth-order valence-corrected chi connectivity index (χ4v) is 5.31. The van der Waals surface area contributed by atoms with Crippen molar-refractivity contribution in [3.8, 4) is 11.1 Å². The van der Waals surface area contributed by atoms with Gasteiger partial charge in [0.05, 0.1) is 10.1 Å².